The summed E-state index contributed by atoms with van der Waals surface area (Å²) in [6.07, 6.45) is 9.80. The van der Waals surface area contributed by atoms with Crippen LogP contribution >= 0.6 is 0 Å². The summed E-state index contributed by atoms with van der Waals surface area (Å²) in [5, 5.41) is 21.2. The molecule has 0 saturated heterocycles. The van der Waals surface area contributed by atoms with Crippen molar-refractivity contribution in [3.8, 4) is 0 Å². The Morgan fingerprint density at radius 1 is 1.30 bits per heavy atom. The Morgan fingerprint density at radius 2 is 2.04 bits per heavy atom. The van der Waals surface area contributed by atoms with E-state index in [2.05, 4.69) is 19.9 Å². The van der Waals surface area contributed by atoms with E-state index in [-0.39, 0.29) is 23.0 Å². The van der Waals surface area contributed by atoms with Gasteiger partial charge in [0.1, 0.15) is 12.2 Å². The molecule has 0 aromatic carbocycles. The zero-order chi connectivity index (χ0) is 19.6. The summed E-state index contributed by atoms with van der Waals surface area (Å²) in [6, 6.07) is 0. The molecular formula is C23H32O4. The van der Waals surface area contributed by atoms with Crippen molar-refractivity contribution in [2.45, 2.75) is 71.3 Å². The van der Waals surface area contributed by atoms with Crippen LogP contribution in [0.4, 0.5) is 0 Å². The average molecular weight is 373 g/mol. The Kier molecular flexibility index (Phi) is 4.32. The van der Waals surface area contributed by atoms with Crippen molar-refractivity contribution < 1.29 is 19.8 Å². The summed E-state index contributed by atoms with van der Waals surface area (Å²) in [5.41, 5.74) is 0.704. The highest BCUT2D eigenvalue weighted by Gasteiger charge is 2.67. The molecule has 4 heteroatoms. The largest absolute Gasteiger partial charge is 0.388 e. The lowest BCUT2D eigenvalue weighted by molar-refractivity contribution is -0.162. The third kappa shape index (κ3) is 2.29. The maximum atomic E-state index is 12.7. The smallest absolute Gasteiger partial charge is 0.190 e. The number of Topliss-reactive ketones (excluding diaryl/α,β-unsaturated/α-hetero) is 1. The molecule has 3 unspecified atom stereocenters. The van der Waals surface area contributed by atoms with E-state index in [4.69, 9.17) is 0 Å². The number of aliphatic hydroxyl groups is 2. The molecule has 4 aliphatic carbocycles. The number of aliphatic hydroxyl groups excluding tert-OH is 1. The van der Waals surface area contributed by atoms with Gasteiger partial charge in [-0.25, -0.2) is 0 Å². The van der Waals surface area contributed by atoms with Gasteiger partial charge in [-0.2, -0.15) is 0 Å². The van der Waals surface area contributed by atoms with Gasteiger partial charge >= 0.3 is 0 Å². The molecule has 4 nitrogen and oxygen atoms in total. The lowest BCUT2D eigenvalue weighted by atomic mass is 9.50. The Hall–Kier alpha value is -1.26. The predicted octanol–water partition coefficient (Wildman–Crippen LogP) is 3.37. The number of ketones is 2. The third-order valence-corrected chi connectivity index (χ3v) is 8.79. The fourth-order valence-corrected chi connectivity index (χ4v) is 7.16. The zero-order valence-corrected chi connectivity index (χ0v) is 16.8. The number of carbonyl (C=O) groups excluding carboxylic acids is 2. The molecule has 4 aliphatic rings. The number of rotatable bonds is 3. The quantitative estimate of drug-likeness (QED) is 0.745. The number of carbonyl (C=O) groups is 2. The Labute approximate surface area is 161 Å². The SMILES string of the molecule is CCC1CC2C3CCC4=CC(=O)CC[C@]4(C)C3=CC[C@]2(C)[C@@]1(O)C(=O)CO. The van der Waals surface area contributed by atoms with Gasteiger partial charge in [0.15, 0.2) is 11.6 Å². The predicted molar refractivity (Wildman–Crippen MR) is 103 cm³/mol. The number of allylic oxidation sites excluding steroid dienone is 4. The Bertz CT molecular complexity index is 749. The van der Waals surface area contributed by atoms with Gasteiger partial charge in [-0.1, -0.05) is 44.4 Å². The van der Waals surface area contributed by atoms with Gasteiger partial charge in [0.2, 0.25) is 0 Å². The van der Waals surface area contributed by atoms with Gasteiger partial charge < -0.3 is 10.2 Å². The van der Waals surface area contributed by atoms with E-state index in [0.717, 1.165) is 32.1 Å². The van der Waals surface area contributed by atoms with Crippen molar-refractivity contribution in [1.82, 2.24) is 0 Å². The fourth-order valence-electron chi connectivity index (χ4n) is 7.16. The molecule has 2 saturated carbocycles. The van der Waals surface area contributed by atoms with E-state index in [1.54, 1.807) is 0 Å². The van der Waals surface area contributed by atoms with Crippen LogP contribution in [0.25, 0.3) is 0 Å². The molecule has 6 atom stereocenters. The summed E-state index contributed by atoms with van der Waals surface area (Å²) < 4.78 is 0. The maximum Gasteiger partial charge on any atom is 0.190 e. The van der Waals surface area contributed by atoms with E-state index in [1.165, 1.54) is 11.1 Å². The van der Waals surface area contributed by atoms with Crippen molar-refractivity contribution >= 4 is 11.6 Å². The highest BCUT2D eigenvalue weighted by molar-refractivity contribution is 5.92. The van der Waals surface area contributed by atoms with Crippen LogP contribution < -0.4 is 0 Å². The lowest BCUT2D eigenvalue weighted by Gasteiger charge is -2.54. The van der Waals surface area contributed by atoms with Crippen molar-refractivity contribution in [2.24, 2.45) is 28.6 Å². The minimum absolute atomic E-state index is 0.0401. The lowest BCUT2D eigenvalue weighted by Crippen LogP contribution is -2.57. The maximum absolute atomic E-state index is 12.7. The molecule has 0 heterocycles. The molecular weight excluding hydrogens is 340 g/mol. The van der Waals surface area contributed by atoms with E-state index >= 15 is 0 Å². The van der Waals surface area contributed by atoms with Crippen LogP contribution in [0.5, 0.6) is 0 Å². The summed E-state index contributed by atoms with van der Waals surface area (Å²) in [4.78, 5) is 24.6. The summed E-state index contributed by atoms with van der Waals surface area (Å²) in [6.45, 7) is 5.78. The highest BCUT2D eigenvalue weighted by Crippen LogP contribution is 2.67. The molecule has 27 heavy (non-hydrogen) atoms. The second-order valence-electron chi connectivity index (χ2n) is 9.69. The van der Waals surface area contributed by atoms with Crippen molar-refractivity contribution in [3.63, 3.8) is 0 Å². The summed E-state index contributed by atoms with van der Waals surface area (Å²) in [5.74, 6) is 0.337. The van der Waals surface area contributed by atoms with E-state index < -0.39 is 23.4 Å². The second kappa shape index (κ2) is 6.12. The standard InChI is InChI=1S/C23H32O4/c1-4-14-12-19-17-6-5-15-11-16(25)7-9-21(15,2)18(17)8-10-22(19,3)23(14,27)20(26)13-24/h8,11,14,17,19,24,27H,4-7,9-10,12-13H2,1-3H3/t14?,17?,19?,21-,22-,23-/m0/s1. The van der Waals surface area contributed by atoms with Crippen LogP contribution in [0, 0.1) is 28.6 Å². The molecule has 0 spiro atoms. The first kappa shape index (κ1) is 19.1. The van der Waals surface area contributed by atoms with Crippen LogP contribution in [0.3, 0.4) is 0 Å². The molecule has 4 rings (SSSR count). The van der Waals surface area contributed by atoms with Gasteiger partial charge in [0, 0.05) is 17.3 Å². The molecule has 0 amide bonds. The van der Waals surface area contributed by atoms with Crippen LogP contribution in [-0.4, -0.2) is 34.0 Å². The first-order valence-corrected chi connectivity index (χ1v) is 10.5. The minimum Gasteiger partial charge on any atom is -0.388 e. The van der Waals surface area contributed by atoms with Crippen LogP contribution in [0.2, 0.25) is 0 Å². The first-order chi connectivity index (χ1) is 12.7. The number of fused-ring (bicyclic) bond motifs is 5. The number of hydrogen-bond acceptors (Lipinski definition) is 4. The number of hydrogen-bond donors (Lipinski definition) is 2. The molecule has 0 aromatic heterocycles. The second-order valence-corrected chi connectivity index (χ2v) is 9.69. The normalized spacial score (nSPS) is 46.1. The average Bonchev–Trinajstić information content (AvgIpc) is 2.90. The molecule has 2 fully saturated rings. The van der Waals surface area contributed by atoms with Gasteiger partial charge in [0.25, 0.3) is 0 Å². The molecule has 0 aromatic rings. The zero-order valence-electron chi connectivity index (χ0n) is 16.8. The van der Waals surface area contributed by atoms with E-state index in [0.29, 0.717) is 18.8 Å². The van der Waals surface area contributed by atoms with Crippen LogP contribution in [-0.2, 0) is 9.59 Å². The molecule has 0 bridgehead atoms. The summed E-state index contributed by atoms with van der Waals surface area (Å²) >= 11 is 0. The topological polar surface area (TPSA) is 74.6 Å². The Balaban J connectivity index is 1.78. The minimum atomic E-state index is -1.44. The van der Waals surface area contributed by atoms with Crippen molar-refractivity contribution in [1.29, 1.82) is 0 Å². The first-order valence-electron chi connectivity index (χ1n) is 10.5. The highest BCUT2D eigenvalue weighted by atomic mass is 16.3. The van der Waals surface area contributed by atoms with E-state index in [1.807, 2.05) is 13.0 Å². The van der Waals surface area contributed by atoms with Gasteiger partial charge in [-0.3, -0.25) is 9.59 Å². The van der Waals surface area contributed by atoms with Crippen molar-refractivity contribution in [3.05, 3.63) is 23.3 Å². The molecule has 0 radical (unpaired) electrons. The van der Waals surface area contributed by atoms with Gasteiger partial charge in [0.05, 0.1) is 0 Å². The molecule has 0 aliphatic heterocycles. The van der Waals surface area contributed by atoms with Gasteiger partial charge in [-0.15, -0.1) is 0 Å². The van der Waals surface area contributed by atoms with Crippen molar-refractivity contribution in [2.75, 3.05) is 6.61 Å². The monoisotopic (exact) mass is 372 g/mol. The fraction of sp³-hybridized carbons (Fsp3) is 0.739. The van der Waals surface area contributed by atoms with Crippen LogP contribution in [0.15, 0.2) is 23.3 Å². The molecule has 2 N–H and O–H groups in total. The summed E-state index contributed by atoms with van der Waals surface area (Å²) in [7, 11) is 0. The third-order valence-electron chi connectivity index (χ3n) is 8.79. The molecule has 148 valence electrons. The Morgan fingerprint density at radius 3 is 2.70 bits per heavy atom. The van der Waals surface area contributed by atoms with Gasteiger partial charge in [-0.05, 0) is 55.9 Å². The van der Waals surface area contributed by atoms with Crippen LogP contribution in [0.1, 0.15) is 65.7 Å². The van der Waals surface area contributed by atoms with E-state index in [9.17, 15) is 19.8 Å².